The van der Waals surface area contributed by atoms with Gasteiger partial charge in [0.1, 0.15) is 5.69 Å². The van der Waals surface area contributed by atoms with Crippen LogP contribution < -0.4 is 0 Å². The zero-order valence-corrected chi connectivity index (χ0v) is 13.1. The molecule has 1 aliphatic rings. The predicted molar refractivity (Wildman–Crippen MR) is 79.8 cm³/mol. The van der Waals surface area contributed by atoms with E-state index in [9.17, 15) is 9.59 Å². The molecule has 3 heterocycles. The van der Waals surface area contributed by atoms with Gasteiger partial charge >= 0.3 is 17.9 Å². The lowest BCUT2D eigenvalue weighted by molar-refractivity contribution is 0.0532. The number of piperazine rings is 1. The molecule has 10 heteroatoms. The van der Waals surface area contributed by atoms with Gasteiger partial charge < -0.3 is 19.1 Å². The van der Waals surface area contributed by atoms with Crippen molar-refractivity contribution in [1.29, 1.82) is 0 Å². The molecule has 0 saturated carbocycles. The number of aromatic nitrogens is 4. The molecule has 1 fully saturated rings. The quantitative estimate of drug-likeness (QED) is 0.795. The topological polar surface area (TPSA) is 115 Å². The zero-order chi connectivity index (χ0) is 16.9. The number of rotatable bonds is 3. The minimum absolute atomic E-state index is 0.111. The highest BCUT2D eigenvalue weighted by Gasteiger charge is 2.28. The van der Waals surface area contributed by atoms with Crippen LogP contribution in [0.4, 0.5) is 4.79 Å². The van der Waals surface area contributed by atoms with Gasteiger partial charge in [0.15, 0.2) is 0 Å². The summed E-state index contributed by atoms with van der Waals surface area (Å²) in [7, 11) is 0. The lowest BCUT2D eigenvalue weighted by Crippen LogP contribution is -2.50. The second-order valence-electron chi connectivity index (χ2n) is 4.99. The smallest absolute Gasteiger partial charge is 0.409 e. The van der Waals surface area contributed by atoms with E-state index in [-0.39, 0.29) is 23.7 Å². The summed E-state index contributed by atoms with van der Waals surface area (Å²) in [6, 6.07) is 0. The molecule has 0 radical (unpaired) electrons. The molecule has 2 amide bonds. The van der Waals surface area contributed by atoms with Gasteiger partial charge in [0, 0.05) is 38.6 Å². The second-order valence-corrected chi connectivity index (χ2v) is 4.99. The molecule has 24 heavy (non-hydrogen) atoms. The van der Waals surface area contributed by atoms with Crippen LogP contribution in [0.1, 0.15) is 17.6 Å². The first-order valence-corrected chi connectivity index (χ1v) is 7.50. The van der Waals surface area contributed by atoms with Gasteiger partial charge in [-0.05, 0) is 6.92 Å². The molecular formula is C14H16N6O4. The van der Waals surface area contributed by atoms with Crippen LogP contribution in [-0.2, 0) is 4.74 Å². The molecule has 2 aromatic rings. The monoisotopic (exact) mass is 332 g/mol. The van der Waals surface area contributed by atoms with Crippen molar-refractivity contribution in [1.82, 2.24) is 29.9 Å². The lowest BCUT2D eigenvalue weighted by atomic mass is 10.3. The average molecular weight is 332 g/mol. The fraction of sp³-hybridized carbons (Fsp3) is 0.429. The molecule has 1 aliphatic heterocycles. The number of hydrogen-bond donors (Lipinski definition) is 0. The number of amides is 2. The molecule has 0 aliphatic carbocycles. The van der Waals surface area contributed by atoms with Crippen LogP contribution >= 0.6 is 0 Å². The second kappa shape index (κ2) is 7.02. The summed E-state index contributed by atoms with van der Waals surface area (Å²) >= 11 is 0. The first kappa shape index (κ1) is 15.8. The predicted octanol–water partition coefficient (Wildman–Crippen LogP) is 0.441. The van der Waals surface area contributed by atoms with Gasteiger partial charge in [0.2, 0.25) is 5.82 Å². The zero-order valence-electron chi connectivity index (χ0n) is 13.1. The Bertz CT molecular complexity index is 711. The van der Waals surface area contributed by atoms with E-state index in [0.717, 1.165) is 0 Å². The maximum atomic E-state index is 12.4. The molecule has 126 valence electrons. The Morgan fingerprint density at radius 2 is 1.96 bits per heavy atom. The van der Waals surface area contributed by atoms with Crippen LogP contribution in [0.25, 0.3) is 11.5 Å². The van der Waals surface area contributed by atoms with E-state index in [1.54, 1.807) is 16.7 Å². The molecule has 0 atom stereocenters. The standard InChI is InChI=1S/C14H16N6O4/c1-2-23-14(22)20-7-5-19(6-8-20)13(21)12-17-11(18-24-12)10-9-15-3-4-16-10/h3-4,9H,2,5-8H2,1H3. The van der Waals surface area contributed by atoms with E-state index in [1.807, 2.05) is 0 Å². The summed E-state index contributed by atoms with van der Waals surface area (Å²) in [6.07, 6.45) is 4.14. The summed E-state index contributed by atoms with van der Waals surface area (Å²) in [5.74, 6) is -0.280. The van der Waals surface area contributed by atoms with Gasteiger partial charge in [-0.25, -0.2) is 9.78 Å². The van der Waals surface area contributed by atoms with Gasteiger partial charge in [-0.3, -0.25) is 9.78 Å². The Labute approximate surface area is 137 Å². The van der Waals surface area contributed by atoms with Crippen LogP contribution in [0, 0.1) is 0 Å². The number of nitrogens with zero attached hydrogens (tertiary/aromatic N) is 6. The van der Waals surface area contributed by atoms with Gasteiger partial charge in [-0.2, -0.15) is 4.98 Å². The minimum Gasteiger partial charge on any atom is -0.450 e. The van der Waals surface area contributed by atoms with Crippen molar-refractivity contribution in [3.63, 3.8) is 0 Å². The largest absolute Gasteiger partial charge is 0.450 e. The van der Waals surface area contributed by atoms with Crippen molar-refractivity contribution in [3.05, 3.63) is 24.5 Å². The van der Waals surface area contributed by atoms with E-state index in [4.69, 9.17) is 9.26 Å². The third kappa shape index (κ3) is 3.31. The third-order valence-corrected chi connectivity index (χ3v) is 3.49. The molecule has 2 aromatic heterocycles. The fourth-order valence-corrected chi connectivity index (χ4v) is 2.27. The number of carbonyl (C=O) groups excluding carboxylic acids is 2. The normalized spacial score (nSPS) is 14.5. The van der Waals surface area contributed by atoms with Crippen LogP contribution in [0.3, 0.4) is 0 Å². The summed E-state index contributed by atoms with van der Waals surface area (Å²) in [5, 5.41) is 3.75. The molecule has 0 bridgehead atoms. The third-order valence-electron chi connectivity index (χ3n) is 3.49. The first-order valence-electron chi connectivity index (χ1n) is 7.50. The fourth-order valence-electron chi connectivity index (χ4n) is 2.27. The van der Waals surface area contributed by atoms with E-state index in [2.05, 4.69) is 20.1 Å². The van der Waals surface area contributed by atoms with Crippen molar-refractivity contribution in [3.8, 4) is 11.5 Å². The molecule has 0 aromatic carbocycles. The van der Waals surface area contributed by atoms with Gasteiger partial charge in [0.25, 0.3) is 0 Å². The Morgan fingerprint density at radius 3 is 2.62 bits per heavy atom. The molecule has 3 rings (SSSR count). The highest BCUT2D eigenvalue weighted by Crippen LogP contribution is 2.13. The van der Waals surface area contributed by atoms with Crippen molar-refractivity contribution >= 4 is 12.0 Å². The Hall–Kier alpha value is -3.04. The molecule has 0 unspecified atom stereocenters. The van der Waals surface area contributed by atoms with E-state index in [1.165, 1.54) is 18.6 Å². The summed E-state index contributed by atoms with van der Waals surface area (Å²) < 4.78 is 9.97. The van der Waals surface area contributed by atoms with Crippen LogP contribution in [0.2, 0.25) is 0 Å². The molecule has 1 saturated heterocycles. The average Bonchev–Trinajstić information content (AvgIpc) is 3.12. The maximum absolute atomic E-state index is 12.4. The van der Waals surface area contributed by atoms with Crippen LogP contribution in [0.15, 0.2) is 23.1 Å². The van der Waals surface area contributed by atoms with E-state index >= 15 is 0 Å². The highest BCUT2D eigenvalue weighted by molar-refractivity contribution is 5.90. The SMILES string of the molecule is CCOC(=O)N1CCN(C(=O)c2nc(-c3cnccn3)no2)CC1. The maximum Gasteiger partial charge on any atom is 0.409 e. The van der Waals surface area contributed by atoms with Gasteiger partial charge in [-0.1, -0.05) is 5.16 Å². The van der Waals surface area contributed by atoms with E-state index < -0.39 is 0 Å². The van der Waals surface area contributed by atoms with Crippen molar-refractivity contribution in [2.45, 2.75) is 6.92 Å². The number of hydrogen-bond acceptors (Lipinski definition) is 8. The van der Waals surface area contributed by atoms with Crippen molar-refractivity contribution in [2.75, 3.05) is 32.8 Å². The van der Waals surface area contributed by atoms with Crippen molar-refractivity contribution in [2.24, 2.45) is 0 Å². The van der Waals surface area contributed by atoms with Gasteiger partial charge in [0.05, 0.1) is 12.8 Å². The Balaban J connectivity index is 1.62. The molecule has 10 nitrogen and oxygen atoms in total. The van der Waals surface area contributed by atoms with Crippen LogP contribution in [-0.4, -0.2) is 74.7 Å². The van der Waals surface area contributed by atoms with Gasteiger partial charge in [-0.15, -0.1) is 0 Å². The van der Waals surface area contributed by atoms with Crippen molar-refractivity contribution < 1.29 is 18.8 Å². The van der Waals surface area contributed by atoms with Crippen LogP contribution in [0.5, 0.6) is 0 Å². The summed E-state index contributed by atoms with van der Waals surface area (Å²) in [6.45, 7) is 3.62. The molecular weight excluding hydrogens is 316 g/mol. The number of carbonyl (C=O) groups is 2. The Morgan fingerprint density at radius 1 is 1.21 bits per heavy atom. The van der Waals surface area contributed by atoms with E-state index in [0.29, 0.717) is 38.5 Å². The Kier molecular flexibility index (Phi) is 4.64. The highest BCUT2D eigenvalue weighted by atomic mass is 16.6. The summed E-state index contributed by atoms with van der Waals surface area (Å²) in [5.41, 5.74) is 0.424. The first-order chi connectivity index (χ1) is 11.7. The molecule has 0 N–H and O–H groups in total. The molecule has 0 spiro atoms. The minimum atomic E-state index is -0.374. The number of ether oxygens (including phenoxy) is 1. The summed E-state index contributed by atoms with van der Waals surface area (Å²) in [4.78, 5) is 39.2. The lowest BCUT2D eigenvalue weighted by Gasteiger charge is -2.33.